The van der Waals surface area contributed by atoms with Gasteiger partial charge in [0.15, 0.2) is 0 Å². The van der Waals surface area contributed by atoms with Crippen molar-refractivity contribution < 1.29 is 61.3 Å². The molecule has 0 aromatic rings. The number of allylic oxidation sites excluding steroid dienone is 2. The zero-order valence-electron chi connectivity index (χ0n) is 9.63. The predicted molar refractivity (Wildman–Crippen MR) is 52.4 cm³/mol. The van der Waals surface area contributed by atoms with Gasteiger partial charge in [-0.1, -0.05) is 12.2 Å². The van der Waals surface area contributed by atoms with Crippen molar-refractivity contribution in [2.24, 2.45) is 41.4 Å². The standard InChI is InChI=1S/C13H16O2.K/c14-13(15)10-5-8-4-9(10)12-7-2-1-6(3-7)11(8)12;/h1-2,6-12H,3-5H2,(H,14,15);/q;+1/p-1. The molecule has 3 fully saturated rings. The Balaban J connectivity index is 0.000000810. The summed E-state index contributed by atoms with van der Waals surface area (Å²) in [4.78, 5) is 11.1. The molecule has 4 aliphatic carbocycles. The van der Waals surface area contributed by atoms with E-state index in [2.05, 4.69) is 12.2 Å². The second kappa shape index (κ2) is 3.92. The number of hydrogen-bond acceptors (Lipinski definition) is 2. The van der Waals surface area contributed by atoms with E-state index in [9.17, 15) is 9.90 Å². The number of carboxylic acids is 1. The molecular formula is C13H15KO2. The largest absolute Gasteiger partial charge is 1.00 e. The van der Waals surface area contributed by atoms with Gasteiger partial charge < -0.3 is 9.90 Å². The van der Waals surface area contributed by atoms with Gasteiger partial charge in [0.1, 0.15) is 0 Å². The van der Waals surface area contributed by atoms with Gasteiger partial charge in [-0.25, -0.2) is 0 Å². The first-order valence-electron chi connectivity index (χ1n) is 6.15. The number of rotatable bonds is 1. The number of carbonyl (C=O) groups is 1. The van der Waals surface area contributed by atoms with Crippen LogP contribution in [0.15, 0.2) is 12.2 Å². The molecule has 4 aliphatic rings. The Morgan fingerprint density at radius 3 is 2.44 bits per heavy atom. The third-order valence-corrected chi connectivity index (χ3v) is 5.57. The fourth-order valence-electron chi connectivity index (χ4n) is 5.29. The van der Waals surface area contributed by atoms with E-state index < -0.39 is 5.97 Å². The van der Waals surface area contributed by atoms with E-state index in [-0.39, 0.29) is 57.3 Å². The topological polar surface area (TPSA) is 40.1 Å². The van der Waals surface area contributed by atoms with Gasteiger partial charge in [0.2, 0.25) is 0 Å². The summed E-state index contributed by atoms with van der Waals surface area (Å²) in [6.45, 7) is 0. The molecule has 0 saturated heterocycles. The minimum absolute atomic E-state index is 0. The summed E-state index contributed by atoms with van der Waals surface area (Å²) in [5, 5.41) is 11.1. The monoisotopic (exact) mass is 242 g/mol. The average molecular weight is 242 g/mol. The van der Waals surface area contributed by atoms with E-state index >= 15 is 0 Å². The predicted octanol–water partition coefficient (Wildman–Crippen LogP) is -2.17. The van der Waals surface area contributed by atoms with Crippen LogP contribution in [-0.2, 0) is 4.79 Å². The summed E-state index contributed by atoms with van der Waals surface area (Å²) >= 11 is 0. The fraction of sp³-hybridized carbons (Fsp3) is 0.769. The molecule has 0 N–H and O–H groups in total. The number of aliphatic carboxylic acids is 1. The zero-order chi connectivity index (χ0) is 10.2. The molecule has 7 unspecified atom stereocenters. The maximum atomic E-state index is 11.1. The van der Waals surface area contributed by atoms with E-state index in [0.29, 0.717) is 23.7 Å². The van der Waals surface area contributed by atoms with E-state index in [4.69, 9.17) is 0 Å². The van der Waals surface area contributed by atoms with Crippen LogP contribution in [0, 0.1) is 41.4 Å². The second-order valence-corrected chi connectivity index (χ2v) is 5.92. The van der Waals surface area contributed by atoms with Gasteiger partial charge >= 0.3 is 51.4 Å². The van der Waals surface area contributed by atoms with Crippen molar-refractivity contribution in [1.82, 2.24) is 0 Å². The van der Waals surface area contributed by atoms with Gasteiger partial charge in [0, 0.05) is 11.9 Å². The van der Waals surface area contributed by atoms with Crippen molar-refractivity contribution in [2.75, 3.05) is 0 Å². The van der Waals surface area contributed by atoms with Crippen LogP contribution in [0.2, 0.25) is 0 Å². The van der Waals surface area contributed by atoms with Crippen molar-refractivity contribution in [3.8, 4) is 0 Å². The molecular weight excluding hydrogens is 227 g/mol. The Kier molecular flexibility index (Phi) is 2.92. The van der Waals surface area contributed by atoms with Crippen molar-refractivity contribution >= 4 is 5.97 Å². The molecule has 7 atom stereocenters. The molecule has 0 heterocycles. The smallest absolute Gasteiger partial charge is 0.550 e. The Labute approximate surface area is 138 Å². The minimum atomic E-state index is -0.785. The zero-order valence-corrected chi connectivity index (χ0v) is 12.8. The molecule has 0 amide bonds. The molecule has 2 nitrogen and oxygen atoms in total. The summed E-state index contributed by atoms with van der Waals surface area (Å²) in [7, 11) is 0. The summed E-state index contributed by atoms with van der Waals surface area (Å²) in [6, 6.07) is 0. The molecule has 4 bridgehead atoms. The Morgan fingerprint density at radius 1 is 1.06 bits per heavy atom. The average Bonchev–Trinajstić information content (AvgIpc) is 2.95. The maximum absolute atomic E-state index is 11.1. The van der Waals surface area contributed by atoms with Crippen molar-refractivity contribution in [3.63, 3.8) is 0 Å². The van der Waals surface area contributed by atoms with Crippen LogP contribution in [0.5, 0.6) is 0 Å². The molecule has 16 heavy (non-hydrogen) atoms. The van der Waals surface area contributed by atoms with E-state index in [1.807, 2.05) is 0 Å². The third kappa shape index (κ3) is 1.35. The van der Waals surface area contributed by atoms with E-state index in [1.54, 1.807) is 0 Å². The first kappa shape index (κ1) is 11.9. The first-order chi connectivity index (χ1) is 7.25. The molecule has 3 saturated carbocycles. The Morgan fingerprint density at radius 2 is 1.75 bits per heavy atom. The summed E-state index contributed by atoms with van der Waals surface area (Å²) in [5.74, 6) is 3.27. The van der Waals surface area contributed by atoms with Crippen LogP contribution in [-0.4, -0.2) is 5.97 Å². The summed E-state index contributed by atoms with van der Waals surface area (Å²) in [6.07, 6.45) is 8.12. The maximum Gasteiger partial charge on any atom is 1.00 e. The Hall–Kier alpha value is 0.846. The summed E-state index contributed by atoms with van der Waals surface area (Å²) < 4.78 is 0. The fourth-order valence-corrected chi connectivity index (χ4v) is 5.29. The quantitative estimate of drug-likeness (QED) is 0.298. The van der Waals surface area contributed by atoms with Gasteiger partial charge in [0.25, 0.3) is 0 Å². The molecule has 4 rings (SSSR count). The van der Waals surface area contributed by atoms with Crippen LogP contribution in [0.25, 0.3) is 0 Å². The summed E-state index contributed by atoms with van der Waals surface area (Å²) in [5.41, 5.74) is 0. The van der Waals surface area contributed by atoms with Crippen molar-refractivity contribution in [3.05, 3.63) is 12.2 Å². The van der Waals surface area contributed by atoms with Crippen LogP contribution in [0.3, 0.4) is 0 Å². The molecule has 0 aromatic carbocycles. The number of carbonyl (C=O) groups excluding carboxylic acids is 1. The molecule has 0 radical (unpaired) electrons. The SMILES string of the molecule is O=C([O-])C1CC2CC1C1C3C=CC(C3)C21.[K+]. The molecule has 3 heteroatoms. The molecule has 0 spiro atoms. The van der Waals surface area contributed by atoms with Gasteiger partial charge in [-0.05, 0) is 54.8 Å². The molecule has 0 aliphatic heterocycles. The molecule has 80 valence electrons. The van der Waals surface area contributed by atoms with Gasteiger partial charge in [-0.2, -0.15) is 0 Å². The number of fused-ring (bicyclic) bond motifs is 9. The van der Waals surface area contributed by atoms with Gasteiger partial charge in [-0.15, -0.1) is 0 Å². The van der Waals surface area contributed by atoms with E-state index in [0.717, 1.165) is 18.3 Å². The van der Waals surface area contributed by atoms with Gasteiger partial charge in [-0.3, -0.25) is 0 Å². The van der Waals surface area contributed by atoms with E-state index in [1.165, 1.54) is 12.8 Å². The van der Waals surface area contributed by atoms with Crippen LogP contribution < -0.4 is 56.5 Å². The second-order valence-electron chi connectivity index (χ2n) is 5.92. The van der Waals surface area contributed by atoms with Crippen molar-refractivity contribution in [1.29, 1.82) is 0 Å². The third-order valence-electron chi connectivity index (χ3n) is 5.57. The Bertz CT molecular complexity index is 365. The van der Waals surface area contributed by atoms with Crippen molar-refractivity contribution in [2.45, 2.75) is 19.3 Å². The first-order valence-corrected chi connectivity index (χ1v) is 6.15. The normalized spacial score (nSPS) is 55.1. The number of hydrogen-bond donors (Lipinski definition) is 0. The van der Waals surface area contributed by atoms with Crippen LogP contribution in [0.1, 0.15) is 19.3 Å². The van der Waals surface area contributed by atoms with Crippen LogP contribution >= 0.6 is 0 Å². The van der Waals surface area contributed by atoms with Crippen LogP contribution in [0.4, 0.5) is 0 Å². The molecule has 0 aromatic heterocycles. The number of carboxylic acid groups (broad SMARTS) is 1. The minimum Gasteiger partial charge on any atom is -0.550 e. The van der Waals surface area contributed by atoms with Gasteiger partial charge in [0.05, 0.1) is 0 Å².